The normalized spacial score (nSPS) is 16.6. The van der Waals surface area contributed by atoms with Crippen LogP contribution in [0.4, 0.5) is 0 Å². The fourth-order valence-electron chi connectivity index (χ4n) is 2.72. The molecule has 1 aliphatic rings. The van der Waals surface area contributed by atoms with Gasteiger partial charge in [0.1, 0.15) is 4.88 Å². The number of carbonyl (C=O) groups is 1. The Kier molecular flexibility index (Phi) is 6.59. The lowest BCUT2D eigenvalue weighted by Gasteiger charge is -2.27. The highest BCUT2D eigenvalue weighted by atomic mass is 35.5. The minimum Gasteiger partial charge on any atom is -0.465 e. The molecule has 1 atom stereocenters. The van der Waals surface area contributed by atoms with Gasteiger partial charge < -0.3 is 10.1 Å². The second-order valence-electron chi connectivity index (χ2n) is 5.45. The summed E-state index contributed by atoms with van der Waals surface area (Å²) >= 11 is 1.05. The molecular weight excluding hydrogens is 384 g/mol. The first kappa shape index (κ1) is 19.9. The molecule has 0 radical (unpaired) electrons. The van der Waals surface area contributed by atoms with Crippen LogP contribution in [0.25, 0.3) is 0 Å². The lowest BCUT2D eigenvalue weighted by molar-refractivity contribution is 0.0606. The highest BCUT2D eigenvalue weighted by Gasteiger charge is 2.23. The van der Waals surface area contributed by atoms with Gasteiger partial charge >= 0.3 is 5.97 Å². The van der Waals surface area contributed by atoms with Gasteiger partial charge in [-0.2, -0.15) is 0 Å². The van der Waals surface area contributed by atoms with Crippen molar-refractivity contribution in [1.82, 2.24) is 10.0 Å². The van der Waals surface area contributed by atoms with E-state index in [4.69, 9.17) is 0 Å². The van der Waals surface area contributed by atoms with E-state index in [0.717, 1.165) is 29.9 Å². The summed E-state index contributed by atoms with van der Waals surface area (Å²) in [6.07, 6.45) is 0.937. The SMILES string of the molecule is COC(=O)c1cc(S(=O)(=O)NCC2NCCc3ccccc32)cs1.Cl. The summed E-state index contributed by atoms with van der Waals surface area (Å²) in [5.74, 6) is -0.538. The van der Waals surface area contributed by atoms with Crippen LogP contribution in [0.1, 0.15) is 26.8 Å². The Morgan fingerprint density at radius 3 is 2.92 bits per heavy atom. The molecule has 1 aliphatic heterocycles. The maximum atomic E-state index is 12.4. The Morgan fingerprint density at radius 1 is 1.40 bits per heavy atom. The predicted molar refractivity (Wildman–Crippen MR) is 99.0 cm³/mol. The molecule has 1 aromatic heterocycles. The van der Waals surface area contributed by atoms with Crippen LogP contribution in [0.15, 0.2) is 40.6 Å². The topological polar surface area (TPSA) is 84.5 Å². The van der Waals surface area contributed by atoms with Crippen LogP contribution in [0, 0.1) is 0 Å². The van der Waals surface area contributed by atoms with Gasteiger partial charge in [-0.25, -0.2) is 17.9 Å². The summed E-state index contributed by atoms with van der Waals surface area (Å²) in [6, 6.07) is 9.30. The van der Waals surface area contributed by atoms with Crippen molar-refractivity contribution in [1.29, 1.82) is 0 Å². The number of rotatable bonds is 5. The van der Waals surface area contributed by atoms with Crippen LogP contribution in [0.3, 0.4) is 0 Å². The second-order valence-corrected chi connectivity index (χ2v) is 8.12. The lowest BCUT2D eigenvalue weighted by Crippen LogP contribution is -2.38. The number of halogens is 1. The van der Waals surface area contributed by atoms with E-state index >= 15 is 0 Å². The molecule has 6 nitrogen and oxygen atoms in total. The maximum Gasteiger partial charge on any atom is 0.348 e. The van der Waals surface area contributed by atoms with Crippen LogP contribution in [-0.4, -0.2) is 34.6 Å². The summed E-state index contributed by atoms with van der Waals surface area (Å²) < 4.78 is 32.1. The molecule has 2 N–H and O–H groups in total. The molecule has 2 aromatic rings. The van der Waals surface area contributed by atoms with E-state index in [1.807, 2.05) is 18.2 Å². The summed E-state index contributed by atoms with van der Waals surface area (Å²) in [6.45, 7) is 1.07. The Bertz CT molecular complexity index is 851. The van der Waals surface area contributed by atoms with Crippen molar-refractivity contribution in [2.45, 2.75) is 17.4 Å². The van der Waals surface area contributed by atoms with Crippen LogP contribution in [0.5, 0.6) is 0 Å². The highest BCUT2D eigenvalue weighted by molar-refractivity contribution is 7.89. The molecule has 1 unspecified atom stereocenters. The molecule has 0 amide bonds. The third-order valence-electron chi connectivity index (χ3n) is 3.97. The first-order valence-corrected chi connectivity index (χ1v) is 9.85. The molecule has 9 heteroatoms. The van der Waals surface area contributed by atoms with Crippen molar-refractivity contribution in [3.05, 3.63) is 51.7 Å². The molecule has 1 aromatic carbocycles. The fourth-order valence-corrected chi connectivity index (χ4v) is 4.96. The Hall–Kier alpha value is -1.45. The van der Waals surface area contributed by atoms with E-state index in [1.165, 1.54) is 24.1 Å². The molecule has 3 rings (SSSR count). The van der Waals surface area contributed by atoms with Gasteiger partial charge in [0, 0.05) is 18.0 Å². The largest absolute Gasteiger partial charge is 0.465 e. The molecule has 0 saturated heterocycles. The monoisotopic (exact) mass is 402 g/mol. The first-order chi connectivity index (χ1) is 11.5. The second kappa shape index (κ2) is 8.29. The average molecular weight is 403 g/mol. The number of sulfonamides is 1. The molecule has 0 saturated carbocycles. The molecule has 0 aliphatic carbocycles. The van der Waals surface area contributed by atoms with Gasteiger partial charge in [0.15, 0.2) is 0 Å². The predicted octanol–water partition coefficient (Wildman–Crippen LogP) is 2.12. The molecule has 0 bridgehead atoms. The average Bonchev–Trinajstić information content (AvgIpc) is 3.10. The van der Waals surface area contributed by atoms with Gasteiger partial charge in [0.2, 0.25) is 10.0 Å². The lowest BCUT2D eigenvalue weighted by atomic mass is 9.95. The Balaban J connectivity index is 0.00000225. The minimum atomic E-state index is -3.67. The van der Waals surface area contributed by atoms with E-state index < -0.39 is 16.0 Å². The van der Waals surface area contributed by atoms with Crippen molar-refractivity contribution in [2.24, 2.45) is 0 Å². The van der Waals surface area contributed by atoms with Crippen LogP contribution >= 0.6 is 23.7 Å². The van der Waals surface area contributed by atoms with Crippen LogP contribution in [0.2, 0.25) is 0 Å². The minimum absolute atomic E-state index is 0. The molecule has 2 heterocycles. The summed E-state index contributed by atoms with van der Waals surface area (Å²) in [5, 5.41) is 4.77. The van der Waals surface area contributed by atoms with E-state index in [-0.39, 0.29) is 34.8 Å². The zero-order valence-corrected chi connectivity index (χ0v) is 16.0. The zero-order valence-electron chi connectivity index (χ0n) is 13.5. The van der Waals surface area contributed by atoms with E-state index in [2.05, 4.69) is 20.8 Å². The van der Waals surface area contributed by atoms with E-state index in [0.29, 0.717) is 0 Å². The number of methoxy groups -OCH3 is 1. The van der Waals surface area contributed by atoms with E-state index in [1.54, 1.807) is 0 Å². The van der Waals surface area contributed by atoms with Gasteiger partial charge in [-0.1, -0.05) is 24.3 Å². The molecule has 0 fully saturated rings. The molecule has 25 heavy (non-hydrogen) atoms. The van der Waals surface area contributed by atoms with Crippen molar-refractivity contribution < 1.29 is 17.9 Å². The highest BCUT2D eigenvalue weighted by Crippen LogP contribution is 2.23. The van der Waals surface area contributed by atoms with E-state index in [9.17, 15) is 13.2 Å². The standard InChI is InChI=1S/C16H18N2O4S2.ClH/c1-22-16(19)15-8-12(10-23-15)24(20,21)18-9-14-13-5-3-2-4-11(13)6-7-17-14;/h2-5,8,10,14,17-18H,6-7,9H2,1H3;1H. The number of nitrogens with one attached hydrogen (secondary N) is 2. The van der Waals surface area contributed by atoms with Crippen LogP contribution in [-0.2, 0) is 21.2 Å². The van der Waals surface area contributed by atoms with Crippen molar-refractivity contribution in [3.63, 3.8) is 0 Å². The third-order valence-corrected chi connectivity index (χ3v) is 6.43. The number of thiophene rings is 1. The number of ether oxygens (including phenoxy) is 1. The number of benzene rings is 1. The Labute approximate surface area is 157 Å². The zero-order chi connectivity index (χ0) is 17.2. The molecular formula is C16H19ClN2O4S2. The van der Waals surface area contributed by atoms with Gasteiger partial charge in [-0.05, 0) is 30.2 Å². The van der Waals surface area contributed by atoms with Crippen molar-refractivity contribution >= 4 is 39.7 Å². The smallest absolute Gasteiger partial charge is 0.348 e. The van der Waals surface area contributed by atoms with Gasteiger partial charge in [-0.3, -0.25) is 0 Å². The summed E-state index contributed by atoms with van der Waals surface area (Å²) in [5.41, 5.74) is 2.36. The number of hydrogen-bond acceptors (Lipinski definition) is 6. The quantitative estimate of drug-likeness (QED) is 0.748. The van der Waals surface area contributed by atoms with Crippen molar-refractivity contribution in [2.75, 3.05) is 20.2 Å². The summed E-state index contributed by atoms with van der Waals surface area (Å²) in [7, 11) is -2.41. The fraction of sp³-hybridized carbons (Fsp3) is 0.312. The summed E-state index contributed by atoms with van der Waals surface area (Å²) in [4.78, 5) is 11.8. The van der Waals surface area contributed by atoms with Crippen molar-refractivity contribution in [3.8, 4) is 0 Å². The number of hydrogen-bond donors (Lipinski definition) is 2. The molecule has 136 valence electrons. The maximum absolute atomic E-state index is 12.4. The van der Waals surface area contributed by atoms with Crippen LogP contribution < -0.4 is 10.0 Å². The number of fused-ring (bicyclic) bond motifs is 1. The molecule has 0 spiro atoms. The number of carbonyl (C=O) groups excluding carboxylic acids is 1. The van der Waals surface area contributed by atoms with Gasteiger partial charge in [0.25, 0.3) is 0 Å². The third kappa shape index (κ3) is 4.39. The number of esters is 1. The van der Waals surface area contributed by atoms with Gasteiger partial charge in [-0.15, -0.1) is 23.7 Å². The van der Waals surface area contributed by atoms with Gasteiger partial charge in [0.05, 0.1) is 12.0 Å². The Morgan fingerprint density at radius 2 is 2.16 bits per heavy atom. The first-order valence-electron chi connectivity index (χ1n) is 7.49.